The van der Waals surface area contributed by atoms with Crippen LogP contribution >= 0.6 is 0 Å². The number of methoxy groups -OCH3 is 2. The van der Waals surface area contributed by atoms with Crippen LogP contribution in [0.25, 0.3) is 0 Å². The van der Waals surface area contributed by atoms with Crippen molar-refractivity contribution in [3.05, 3.63) is 88.5 Å². The Bertz CT molecular complexity index is 1300. The number of amides is 1. The molecule has 3 aromatic rings. The summed E-state index contributed by atoms with van der Waals surface area (Å²) in [6, 6.07) is 17.3. The van der Waals surface area contributed by atoms with Crippen LogP contribution in [0.15, 0.2) is 77.7 Å². The Balaban J connectivity index is 1.88. The van der Waals surface area contributed by atoms with Crippen molar-refractivity contribution in [2.24, 2.45) is 0 Å². The van der Waals surface area contributed by atoms with Gasteiger partial charge in [0.1, 0.15) is 6.54 Å². The molecule has 1 atom stereocenters. The van der Waals surface area contributed by atoms with E-state index < -0.39 is 33.4 Å². The number of anilines is 1. The maximum atomic E-state index is 13.4. The second kappa shape index (κ2) is 10.9. The third-order valence-electron chi connectivity index (χ3n) is 5.25. The summed E-state index contributed by atoms with van der Waals surface area (Å²) in [6.07, 6.45) is 0. The molecule has 0 aliphatic rings. The number of carbonyl (C=O) groups is 1. The molecule has 0 heterocycles. The average molecular weight is 500 g/mol. The van der Waals surface area contributed by atoms with Crippen LogP contribution in [0.5, 0.6) is 11.5 Å². The van der Waals surface area contributed by atoms with Gasteiger partial charge in [0.15, 0.2) is 11.5 Å². The number of hydrogen-bond donors (Lipinski definition) is 1. The maximum absolute atomic E-state index is 13.4. The van der Waals surface area contributed by atoms with Gasteiger partial charge in [-0.25, -0.2) is 8.42 Å². The van der Waals surface area contributed by atoms with Gasteiger partial charge in [-0.05, 0) is 48.9 Å². The molecule has 0 aliphatic heterocycles. The summed E-state index contributed by atoms with van der Waals surface area (Å²) in [4.78, 5) is 23.4. The largest absolute Gasteiger partial charge is 0.493 e. The summed E-state index contributed by atoms with van der Waals surface area (Å²) < 4.78 is 38.2. The highest BCUT2D eigenvalue weighted by Crippen LogP contribution is 2.30. The Hall–Kier alpha value is -4.12. The van der Waals surface area contributed by atoms with E-state index in [1.54, 1.807) is 43.3 Å². The molecule has 184 valence electrons. The molecule has 1 amide bonds. The van der Waals surface area contributed by atoms with E-state index in [-0.39, 0.29) is 16.3 Å². The Labute approximate surface area is 203 Å². The van der Waals surface area contributed by atoms with Gasteiger partial charge in [-0.2, -0.15) is 0 Å². The van der Waals surface area contributed by atoms with Crippen molar-refractivity contribution in [3.8, 4) is 11.5 Å². The number of nitrogens with zero attached hydrogens (tertiary/aromatic N) is 2. The molecule has 11 heteroatoms. The van der Waals surface area contributed by atoms with E-state index in [1.807, 2.05) is 0 Å². The van der Waals surface area contributed by atoms with Crippen molar-refractivity contribution in [2.45, 2.75) is 17.9 Å². The number of hydrogen-bond acceptors (Lipinski definition) is 7. The fourth-order valence-electron chi connectivity index (χ4n) is 3.40. The number of nitrogens with one attached hydrogen (secondary N) is 1. The van der Waals surface area contributed by atoms with E-state index in [4.69, 9.17) is 9.47 Å². The zero-order valence-corrected chi connectivity index (χ0v) is 20.2. The average Bonchev–Trinajstić information content (AvgIpc) is 2.87. The molecule has 0 radical (unpaired) electrons. The van der Waals surface area contributed by atoms with Crippen molar-refractivity contribution < 1.29 is 27.6 Å². The van der Waals surface area contributed by atoms with Gasteiger partial charge in [-0.1, -0.05) is 24.3 Å². The van der Waals surface area contributed by atoms with E-state index in [1.165, 1.54) is 50.6 Å². The van der Waals surface area contributed by atoms with Gasteiger partial charge >= 0.3 is 0 Å². The highest BCUT2D eigenvalue weighted by molar-refractivity contribution is 7.92. The van der Waals surface area contributed by atoms with E-state index in [2.05, 4.69) is 5.32 Å². The first-order valence-corrected chi connectivity index (χ1v) is 11.9. The van der Waals surface area contributed by atoms with Gasteiger partial charge in [0.25, 0.3) is 15.7 Å². The van der Waals surface area contributed by atoms with Crippen molar-refractivity contribution >= 4 is 27.3 Å². The molecule has 3 rings (SSSR count). The zero-order chi connectivity index (χ0) is 25.6. The summed E-state index contributed by atoms with van der Waals surface area (Å²) in [5.74, 6) is 0.462. The van der Waals surface area contributed by atoms with Crippen LogP contribution in [0, 0.1) is 10.1 Å². The number of rotatable bonds is 10. The lowest BCUT2D eigenvalue weighted by molar-refractivity contribution is -0.384. The minimum absolute atomic E-state index is 0.0147. The highest BCUT2D eigenvalue weighted by Gasteiger charge is 2.28. The monoisotopic (exact) mass is 499 g/mol. The molecular formula is C24H25N3O7S. The fraction of sp³-hybridized carbons (Fsp3) is 0.208. The number of nitro groups is 1. The lowest BCUT2D eigenvalue weighted by Gasteiger charge is -2.25. The third kappa shape index (κ3) is 5.87. The molecule has 0 aromatic heterocycles. The minimum Gasteiger partial charge on any atom is -0.493 e. The van der Waals surface area contributed by atoms with Gasteiger partial charge in [0.2, 0.25) is 5.91 Å². The second-order valence-electron chi connectivity index (χ2n) is 7.50. The molecule has 0 saturated carbocycles. The minimum atomic E-state index is -4.14. The predicted octanol–water partition coefficient (Wildman–Crippen LogP) is 3.68. The normalized spacial score (nSPS) is 11.9. The number of benzene rings is 3. The number of ether oxygens (including phenoxy) is 2. The van der Waals surface area contributed by atoms with Gasteiger partial charge in [0.05, 0.1) is 35.8 Å². The summed E-state index contributed by atoms with van der Waals surface area (Å²) in [5, 5.41) is 13.8. The molecule has 0 saturated heterocycles. The van der Waals surface area contributed by atoms with Crippen molar-refractivity contribution in [1.29, 1.82) is 0 Å². The van der Waals surface area contributed by atoms with Crippen LogP contribution < -0.4 is 19.1 Å². The smallest absolute Gasteiger partial charge is 0.269 e. The van der Waals surface area contributed by atoms with Gasteiger partial charge in [-0.3, -0.25) is 19.2 Å². The maximum Gasteiger partial charge on any atom is 0.269 e. The quantitative estimate of drug-likeness (QED) is 0.333. The molecule has 0 bridgehead atoms. The first kappa shape index (κ1) is 25.5. The lowest BCUT2D eigenvalue weighted by atomic mass is 10.1. The molecular weight excluding hydrogens is 474 g/mol. The Morgan fingerprint density at radius 1 is 1.00 bits per heavy atom. The molecule has 0 spiro atoms. The Morgan fingerprint density at radius 3 is 2.20 bits per heavy atom. The number of sulfonamides is 1. The summed E-state index contributed by atoms with van der Waals surface area (Å²) in [6.45, 7) is 1.22. The number of non-ortho nitro benzene ring substituents is 1. The topological polar surface area (TPSA) is 128 Å². The highest BCUT2D eigenvalue weighted by atomic mass is 32.2. The van der Waals surface area contributed by atoms with Crippen molar-refractivity contribution in [2.75, 3.05) is 25.1 Å². The summed E-state index contributed by atoms with van der Waals surface area (Å²) >= 11 is 0. The van der Waals surface area contributed by atoms with Gasteiger partial charge in [-0.15, -0.1) is 0 Å². The van der Waals surface area contributed by atoms with Gasteiger partial charge < -0.3 is 14.8 Å². The van der Waals surface area contributed by atoms with Crippen molar-refractivity contribution in [1.82, 2.24) is 5.32 Å². The molecule has 1 N–H and O–H groups in total. The first-order chi connectivity index (χ1) is 16.7. The molecule has 35 heavy (non-hydrogen) atoms. The second-order valence-corrected chi connectivity index (χ2v) is 9.36. The van der Waals surface area contributed by atoms with Crippen LogP contribution in [0.1, 0.15) is 18.5 Å². The third-order valence-corrected chi connectivity index (χ3v) is 7.04. The molecule has 3 aromatic carbocycles. The number of carbonyl (C=O) groups excluding carboxylic acids is 1. The van der Waals surface area contributed by atoms with Crippen LogP contribution in [-0.4, -0.2) is 40.0 Å². The van der Waals surface area contributed by atoms with Crippen LogP contribution in [0.4, 0.5) is 11.4 Å². The zero-order valence-electron chi connectivity index (χ0n) is 19.4. The molecule has 0 fully saturated rings. The number of nitro benzene ring substituents is 1. The molecule has 0 unspecified atom stereocenters. The SMILES string of the molecule is COc1ccc([C@H](C)NC(=O)CN(c2ccc([N+](=O)[O-])cc2)S(=O)(=O)c2ccccc2)cc1OC. The van der Waals surface area contributed by atoms with Crippen LogP contribution in [-0.2, 0) is 14.8 Å². The van der Waals surface area contributed by atoms with E-state index in [0.717, 1.165) is 9.87 Å². The van der Waals surface area contributed by atoms with Crippen molar-refractivity contribution in [3.63, 3.8) is 0 Å². The van der Waals surface area contributed by atoms with Crippen LogP contribution in [0.2, 0.25) is 0 Å². The Morgan fingerprint density at radius 2 is 1.63 bits per heavy atom. The van der Waals surface area contributed by atoms with Gasteiger partial charge in [0, 0.05) is 12.1 Å². The molecule has 0 aliphatic carbocycles. The predicted molar refractivity (Wildman–Crippen MR) is 130 cm³/mol. The summed E-state index contributed by atoms with van der Waals surface area (Å²) in [5.41, 5.74) is 0.648. The summed E-state index contributed by atoms with van der Waals surface area (Å²) in [7, 11) is -1.12. The standard InChI is InChI=1S/C24H25N3O7S/c1-17(18-9-14-22(33-2)23(15-18)34-3)25-24(28)16-26(19-10-12-20(13-11-19)27(29)30)35(31,32)21-7-5-4-6-8-21/h4-15,17H,16H2,1-3H3,(H,25,28)/t17-/m0/s1. The fourth-order valence-corrected chi connectivity index (χ4v) is 4.84. The van der Waals surface area contributed by atoms with Crippen LogP contribution in [0.3, 0.4) is 0 Å². The van der Waals surface area contributed by atoms with E-state index in [0.29, 0.717) is 11.5 Å². The first-order valence-electron chi connectivity index (χ1n) is 10.5. The Kier molecular flexibility index (Phi) is 7.92. The molecule has 10 nitrogen and oxygen atoms in total. The van der Waals surface area contributed by atoms with E-state index >= 15 is 0 Å². The lowest BCUT2D eigenvalue weighted by Crippen LogP contribution is -2.41. The van der Waals surface area contributed by atoms with E-state index in [9.17, 15) is 23.3 Å².